The lowest BCUT2D eigenvalue weighted by atomic mass is 9.99. The van der Waals surface area contributed by atoms with Crippen LogP contribution in [0.2, 0.25) is 0 Å². The lowest BCUT2D eigenvalue weighted by Crippen LogP contribution is -2.48. The van der Waals surface area contributed by atoms with Crippen LogP contribution >= 0.6 is 15.9 Å². The summed E-state index contributed by atoms with van der Waals surface area (Å²) < 4.78 is 7.49. The Morgan fingerprint density at radius 1 is 0.926 bits per heavy atom. The van der Waals surface area contributed by atoms with Crippen molar-refractivity contribution < 1.29 is 29.0 Å². The number of carbonyl (C=O) groups is 2. The molecule has 1 aromatic heterocycles. The van der Waals surface area contributed by atoms with E-state index in [9.17, 15) is 24.6 Å². The van der Waals surface area contributed by atoms with E-state index in [-0.39, 0.29) is 35.4 Å². The minimum atomic E-state index is -0.874. The van der Waals surface area contributed by atoms with E-state index in [0.29, 0.717) is 48.1 Å². The number of fused-ring (bicyclic) bond motifs is 1. The van der Waals surface area contributed by atoms with Crippen molar-refractivity contribution in [2.75, 3.05) is 44.4 Å². The van der Waals surface area contributed by atoms with Crippen molar-refractivity contribution in [2.45, 2.75) is 50.9 Å². The summed E-state index contributed by atoms with van der Waals surface area (Å²) in [7, 11) is 4.39. The molecule has 282 valence electrons. The van der Waals surface area contributed by atoms with Crippen LogP contribution < -0.4 is 21.5 Å². The number of aromatic nitrogens is 1. The summed E-state index contributed by atoms with van der Waals surface area (Å²) in [6.45, 7) is 2.64. The molecule has 1 saturated heterocycles. The minimum Gasteiger partial charge on any atom is -0.506 e. The Kier molecular flexibility index (Phi) is 12.5. The van der Waals surface area contributed by atoms with E-state index in [2.05, 4.69) is 51.0 Å². The monoisotopic (exact) mass is 796 g/mol. The van der Waals surface area contributed by atoms with Gasteiger partial charge in [0.15, 0.2) is 0 Å². The number of nitrogens with zero attached hydrogens (tertiary/aromatic N) is 1. The Bertz CT molecular complexity index is 2160. The number of aryl methyl sites for hydroxylation is 1. The zero-order valence-electron chi connectivity index (χ0n) is 30.5. The quantitative estimate of drug-likeness (QED) is 0.0688. The zero-order valence-corrected chi connectivity index (χ0v) is 32.1. The molecule has 0 saturated carbocycles. The summed E-state index contributed by atoms with van der Waals surface area (Å²) in [5, 5.41) is 30.8. The van der Waals surface area contributed by atoms with Crippen LogP contribution in [0.1, 0.15) is 48.5 Å². The molecule has 12 heteroatoms. The first-order valence-electron chi connectivity index (χ1n) is 18.2. The van der Waals surface area contributed by atoms with Crippen LogP contribution in [0.15, 0.2) is 100 Å². The number of aromatic amines is 1. The second-order valence-electron chi connectivity index (χ2n) is 14.5. The van der Waals surface area contributed by atoms with Gasteiger partial charge in [-0.25, -0.2) is 4.79 Å². The number of nitrogens with one attached hydrogen (secondary N) is 4. The molecule has 0 aliphatic carbocycles. The van der Waals surface area contributed by atoms with Crippen molar-refractivity contribution in [1.29, 1.82) is 0 Å². The smallest absolute Gasteiger partial charge is 0.411 e. The highest BCUT2D eigenvalue weighted by Crippen LogP contribution is 2.31. The number of carbonyl (C=O) groups excluding carboxylic acids is 2. The van der Waals surface area contributed by atoms with Gasteiger partial charge in [0.05, 0.1) is 50.2 Å². The number of aliphatic hydroxyl groups is 1. The maximum Gasteiger partial charge on any atom is 0.411 e. The van der Waals surface area contributed by atoms with Crippen molar-refractivity contribution in [3.63, 3.8) is 0 Å². The zero-order chi connectivity index (χ0) is 38.2. The first kappa shape index (κ1) is 38.7. The Morgan fingerprint density at radius 2 is 1.69 bits per heavy atom. The van der Waals surface area contributed by atoms with E-state index in [4.69, 9.17) is 4.74 Å². The van der Waals surface area contributed by atoms with Gasteiger partial charge in [0.25, 0.3) is 0 Å². The van der Waals surface area contributed by atoms with Gasteiger partial charge in [0.2, 0.25) is 11.5 Å². The SMILES string of the molecule is C[N+]1(C)CCC(OC(=O)Nc2cc(CCCC(=O)Nc3ccc(CNC[C@@H](O)c4ccc(O)c5[nH]c(=O)ccc45)cc3Br)ccc2-c2ccccc2)CC1. The van der Waals surface area contributed by atoms with Gasteiger partial charge in [0, 0.05) is 53.8 Å². The average molecular weight is 798 g/mol. The average Bonchev–Trinajstić information content (AvgIpc) is 3.14. The topological polar surface area (TPSA) is 153 Å². The van der Waals surface area contributed by atoms with Crippen molar-refractivity contribution in [3.05, 3.63) is 123 Å². The van der Waals surface area contributed by atoms with Crippen molar-refractivity contribution in [1.82, 2.24) is 10.3 Å². The van der Waals surface area contributed by atoms with Crippen LogP contribution in [0, 0.1) is 0 Å². The van der Waals surface area contributed by atoms with E-state index in [0.717, 1.165) is 57.1 Å². The van der Waals surface area contributed by atoms with E-state index >= 15 is 0 Å². The molecule has 0 unspecified atom stereocenters. The molecule has 2 amide bonds. The fourth-order valence-electron chi connectivity index (χ4n) is 6.82. The van der Waals surface area contributed by atoms with Crippen molar-refractivity contribution in [2.24, 2.45) is 0 Å². The summed E-state index contributed by atoms with van der Waals surface area (Å²) in [5.41, 5.74) is 5.72. The lowest BCUT2D eigenvalue weighted by Gasteiger charge is -2.36. The number of aromatic hydroxyl groups is 1. The Labute approximate surface area is 323 Å². The molecule has 1 aliphatic rings. The number of phenols is 1. The molecule has 6 N–H and O–H groups in total. The molecule has 1 fully saturated rings. The van der Waals surface area contributed by atoms with Gasteiger partial charge < -0.3 is 35.1 Å². The van der Waals surface area contributed by atoms with Crippen LogP contribution in [0.25, 0.3) is 22.0 Å². The number of halogens is 1. The number of phenolic OH excluding ortho intramolecular Hbond substituents is 1. The standard InChI is InChI=1S/C42H46BrN5O6/c1-48(2)21-19-30(20-22-48)54-42(53)46-36-24-27(11-13-31(36)29-8-4-3-5-9-29)7-6-10-39(51)45-35-16-12-28(23-34(35)43)25-44-26-38(50)32-14-17-37(49)41-33(32)15-18-40(52)47-41/h3-5,8-9,11-18,23-24,30,38,44,50H,6-7,10,19-22,25-26H2,1-2H3,(H3-,45,46,47,49,51,52,53)/p+1/t38-/m1/s1. The maximum atomic E-state index is 13.0. The van der Waals surface area contributed by atoms with Gasteiger partial charge in [-0.2, -0.15) is 0 Å². The number of H-pyrrole nitrogens is 1. The second-order valence-corrected chi connectivity index (χ2v) is 15.4. The molecule has 0 spiro atoms. The Balaban J connectivity index is 0.996. The molecule has 2 heterocycles. The second kappa shape index (κ2) is 17.4. The molecule has 0 bridgehead atoms. The highest BCUT2D eigenvalue weighted by molar-refractivity contribution is 9.10. The summed E-state index contributed by atoms with van der Waals surface area (Å²) in [5.74, 6) is -0.165. The highest BCUT2D eigenvalue weighted by atomic mass is 79.9. The molecular formula is C42H47BrN5O6+. The van der Waals surface area contributed by atoms with E-state index < -0.39 is 12.2 Å². The largest absolute Gasteiger partial charge is 0.506 e. The molecule has 1 atom stereocenters. The lowest BCUT2D eigenvalue weighted by molar-refractivity contribution is -0.896. The summed E-state index contributed by atoms with van der Waals surface area (Å²) in [6, 6.07) is 27.6. The van der Waals surface area contributed by atoms with Crippen LogP contribution in [0.3, 0.4) is 0 Å². The highest BCUT2D eigenvalue weighted by Gasteiger charge is 2.28. The predicted molar refractivity (Wildman–Crippen MR) is 215 cm³/mol. The third-order valence-corrected chi connectivity index (χ3v) is 10.6. The molecule has 11 nitrogen and oxygen atoms in total. The van der Waals surface area contributed by atoms with Gasteiger partial charge >= 0.3 is 6.09 Å². The number of quaternary nitrogens is 1. The Morgan fingerprint density at radius 3 is 2.44 bits per heavy atom. The van der Waals surface area contributed by atoms with Crippen LogP contribution in [-0.4, -0.2) is 71.5 Å². The molecule has 54 heavy (non-hydrogen) atoms. The number of anilines is 2. The fourth-order valence-corrected chi connectivity index (χ4v) is 7.35. The van der Waals surface area contributed by atoms with Crippen LogP contribution in [0.4, 0.5) is 16.2 Å². The number of pyridine rings is 1. The van der Waals surface area contributed by atoms with E-state index in [1.165, 1.54) is 12.1 Å². The third-order valence-electron chi connectivity index (χ3n) is 9.90. The number of rotatable bonds is 13. The number of hydrogen-bond donors (Lipinski definition) is 6. The van der Waals surface area contributed by atoms with Crippen molar-refractivity contribution in [3.8, 4) is 16.9 Å². The van der Waals surface area contributed by atoms with Gasteiger partial charge in [-0.3, -0.25) is 14.9 Å². The van der Waals surface area contributed by atoms with Gasteiger partial charge in [-0.05, 0) is 81.4 Å². The fraction of sp³-hybridized carbons (Fsp3) is 0.310. The number of benzene rings is 4. The predicted octanol–water partition coefficient (Wildman–Crippen LogP) is 7.24. The number of hydrogen-bond acceptors (Lipinski definition) is 7. The molecule has 1 aliphatic heterocycles. The van der Waals surface area contributed by atoms with Gasteiger partial charge in [-0.1, -0.05) is 54.6 Å². The number of likely N-dealkylation sites (tertiary alicyclic amines) is 1. The number of aliphatic hydroxyl groups excluding tert-OH is 1. The Hall–Kier alpha value is -5.01. The summed E-state index contributed by atoms with van der Waals surface area (Å²) >= 11 is 3.58. The maximum absolute atomic E-state index is 13.0. The van der Waals surface area contributed by atoms with E-state index in [1.807, 2.05) is 66.7 Å². The van der Waals surface area contributed by atoms with Gasteiger partial charge in [0.1, 0.15) is 11.9 Å². The number of piperidine rings is 1. The molecule has 0 radical (unpaired) electrons. The van der Waals surface area contributed by atoms with Gasteiger partial charge in [-0.15, -0.1) is 0 Å². The van der Waals surface area contributed by atoms with Crippen molar-refractivity contribution >= 4 is 50.2 Å². The minimum absolute atomic E-state index is 0.0576. The number of amides is 2. The molecule has 6 rings (SSSR count). The third kappa shape index (κ3) is 10.1. The van der Waals surface area contributed by atoms with Crippen LogP contribution in [-0.2, 0) is 22.5 Å². The van der Waals surface area contributed by atoms with E-state index in [1.54, 1.807) is 12.1 Å². The molecule has 4 aromatic carbocycles. The van der Waals surface area contributed by atoms with Crippen LogP contribution in [0.5, 0.6) is 5.75 Å². The normalized spacial score (nSPS) is 14.7. The number of ether oxygens (including phenoxy) is 1. The first-order chi connectivity index (χ1) is 25.9. The first-order valence-corrected chi connectivity index (χ1v) is 19.0. The molecule has 5 aromatic rings. The molecular weight excluding hydrogens is 750 g/mol. The summed E-state index contributed by atoms with van der Waals surface area (Å²) in [6.07, 6.45) is 1.83. The summed E-state index contributed by atoms with van der Waals surface area (Å²) in [4.78, 5) is 40.3.